The number of methoxy groups -OCH3 is 1. The van der Waals surface area contributed by atoms with Crippen molar-refractivity contribution >= 4 is 0 Å². The fourth-order valence-electron chi connectivity index (χ4n) is 6.15. The highest BCUT2D eigenvalue weighted by Crippen LogP contribution is 2.43. The number of aryl methyl sites for hydroxylation is 1. The maximum atomic E-state index is 13.1. The smallest absolute Gasteiger partial charge is 0.123 e. The van der Waals surface area contributed by atoms with E-state index in [1.165, 1.54) is 88.3 Å². The highest BCUT2D eigenvalue weighted by atomic mass is 19.1. The second-order valence-corrected chi connectivity index (χ2v) is 10.3. The van der Waals surface area contributed by atoms with Crippen molar-refractivity contribution in [3.8, 4) is 11.3 Å². The van der Waals surface area contributed by atoms with Gasteiger partial charge >= 0.3 is 0 Å². The van der Waals surface area contributed by atoms with E-state index in [1.54, 1.807) is 12.1 Å². The van der Waals surface area contributed by atoms with E-state index in [4.69, 9.17) is 4.74 Å². The number of nitrogens with zero attached hydrogens (tertiary/aromatic N) is 1. The molecule has 0 bridgehead atoms. The van der Waals surface area contributed by atoms with E-state index in [9.17, 15) is 4.39 Å². The predicted molar refractivity (Wildman–Crippen MR) is 130 cm³/mol. The van der Waals surface area contributed by atoms with Crippen LogP contribution in [0, 0.1) is 29.5 Å². The van der Waals surface area contributed by atoms with Crippen molar-refractivity contribution in [1.82, 2.24) is 4.98 Å². The fourth-order valence-corrected chi connectivity index (χ4v) is 6.15. The average Bonchev–Trinajstić information content (AvgIpc) is 2.85. The number of hydrogen-bond donors (Lipinski definition) is 0. The molecule has 2 aliphatic carbocycles. The molecule has 2 aliphatic rings. The van der Waals surface area contributed by atoms with Crippen molar-refractivity contribution < 1.29 is 9.13 Å². The van der Waals surface area contributed by atoms with Crippen molar-refractivity contribution in [3.63, 3.8) is 0 Å². The van der Waals surface area contributed by atoms with Gasteiger partial charge < -0.3 is 4.74 Å². The van der Waals surface area contributed by atoms with Crippen molar-refractivity contribution in [2.75, 3.05) is 13.7 Å². The molecule has 0 N–H and O–H groups in total. The monoisotopic (exact) mass is 437 g/mol. The van der Waals surface area contributed by atoms with Gasteiger partial charge in [0.1, 0.15) is 5.82 Å². The molecule has 0 saturated heterocycles. The molecule has 4 rings (SSSR count). The molecule has 1 aromatic heterocycles. The number of hydrogen-bond acceptors (Lipinski definition) is 2. The van der Waals surface area contributed by atoms with Gasteiger partial charge in [-0.15, -0.1) is 0 Å². The lowest BCUT2D eigenvalue weighted by atomic mass is 9.68. The molecule has 32 heavy (non-hydrogen) atoms. The molecular weight excluding hydrogens is 397 g/mol. The van der Waals surface area contributed by atoms with Crippen molar-refractivity contribution in [2.45, 2.75) is 77.0 Å². The Bertz CT molecular complexity index is 787. The quantitative estimate of drug-likeness (QED) is 0.372. The van der Waals surface area contributed by atoms with Crippen molar-refractivity contribution in [3.05, 3.63) is 54.0 Å². The molecule has 0 aliphatic heterocycles. The molecule has 0 atom stereocenters. The number of ether oxygens (including phenoxy) is 1. The van der Waals surface area contributed by atoms with Crippen LogP contribution in [0.4, 0.5) is 4.39 Å². The summed E-state index contributed by atoms with van der Waals surface area (Å²) in [4.78, 5) is 4.62. The maximum absolute atomic E-state index is 13.1. The molecule has 1 heterocycles. The first-order valence-corrected chi connectivity index (χ1v) is 12.9. The molecule has 3 heteroatoms. The lowest BCUT2D eigenvalue weighted by Gasteiger charge is -2.38. The van der Waals surface area contributed by atoms with E-state index in [1.807, 2.05) is 13.3 Å². The molecule has 0 spiro atoms. The Morgan fingerprint density at radius 3 is 2.00 bits per heavy atom. The van der Waals surface area contributed by atoms with Gasteiger partial charge in [-0.2, -0.15) is 0 Å². The SMILES string of the molecule is COCCCC1CCC(C2CCC(CCc3ccc(-c4ccc(F)cc4)nc3)CC2)CC1. The first kappa shape index (κ1) is 23.4. The van der Waals surface area contributed by atoms with Gasteiger partial charge in [-0.3, -0.25) is 4.98 Å². The van der Waals surface area contributed by atoms with E-state index in [0.29, 0.717) is 0 Å². The summed E-state index contributed by atoms with van der Waals surface area (Å²) in [5, 5.41) is 0. The van der Waals surface area contributed by atoms with E-state index >= 15 is 0 Å². The number of rotatable bonds is 9. The van der Waals surface area contributed by atoms with Gasteiger partial charge in [0.2, 0.25) is 0 Å². The molecule has 0 radical (unpaired) electrons. The molecule has 0 unspecified atom stereocenters. The molecule has 2 nitrogen and oxygen atoms in total. The second kappa shape index (κ2) is 11.9. The number of pyridine rings is 1. The van der Waals surface area contributed by atoms with Crippen LogP contribution < -0.4 is 0 Å². The van der Waals surface area contributed by atoms with Crippen LogP contribution >= 0.6 is 0 Å². The normalized spacial score (nSPS) is 26.2. The molecule has 2 saturated carbocycles. The second-order valence-electron chi connectivity index (χ2n) is 10.3. The molecule has 1 aromatic carbocycles. The van der Waals surface area contributed by atoms with Crippen LogP contribution in [0.15, 0.2) is 42.6 Å². The van der Waals surface area contributed by atoms with Crippen LogP contribution in [0.25, 0.3) is 11.3 Å². The van der Waals surface area contributed by atoms with Gasteiger partial charge in [-0.25, -0.2) is 4.39 Å². The summed E-state index contributed by atoms with van der Waals surface area (Å²) in [7, 11) is 1.82. The van der Waals surface area contributed by atoms with Gasteiger partial charge in [-0.05, 0) is 111 Å². The van der Waals surface area contributed by atoms with Crippen LogP contribution in [0.3, 0.4) is 0 Å². The maximum Gasteiger partial charge on any atom is 0.123 e. The Balaban J connectivity index is 1.15. The van der Waals surface area contributed by atoms with Crippen LogP contribution in [0.1, 0.15) is 76.2 Å². The Morgan fingerprint density at radius 2 is 1.44 bits per heavy atom. The minimum absolute atomic E-state index is 0.203. The Morgan fingerprint density at radius 1 is 0.812 bits per heavy atom. The van der Waals surface area contributed by atoms with Crippen molar-refractivity contribution in [2.24, 2.45) is 23.7 Å². The lowest BCUT2D eigenvalue weighted by molar-refractivity contribution is 0.133. The molecule has 2 aromatic rings. The highest BCUT2D eigenvalue weighted by Gasteiger charge is 2.30. The summed E-state index contributed by atoms with van der Waals surface area (Å²) in [6.45, 7) is 0.929. The first-order chi connectivity index (χ1) is 15.7. The Hall–Kier alpha value is -1.74. The largest absolute Gasteiger partial charge is 0.385 e. The third kappa shape index (κ3) is 6.63. The standard InChI is InChI=1S/C29H40FNO/c1-32-20-2-3-22-6-11-25(12-7-22)26-13-8-23(9-14-26)4-5-24-10-19-29(31-21-24)27-15-17-28(30)18-16-27/h10,15-19,21-23,25-26H,2-9,11-14,20H2,1H3. The van der Waals surface area contributed by atoms with Crippen molar-refractivity contribution in [1.29, 1.82) is 0 Å². The topological polar surface area (TPSA) is 22.1 Å². The molecule has 2 fully saturated rings. The average molecular weight is 438 g/mol. The predicted octanol–water partition coefficient (Wildman–Crippen LogP) is 7.86. The minimum atomic E-state index is -0.203. The number of benzene rings is 1. The molecule has 0 amide bonds. The van der Waals surface area contributed by atoms with Crippen LogP contribution in [0.5, 0.6) is 0 Å². The summed E-state index contributed by atoms with van der Waals surface area (Å²) in [5.41, 5.74) is 3.22. The minimum Gasteiger partial charge on any atom is -0.385 e. The van der Waals surface area contributed by atoms with Gasteiger partial charge in [0, 0.05) is 25.5 Å². The van der Waals surface area contributed by atoms with E-state index in [0.717, 1.165) is 48.0 Å². The fraction of sp³-hybridized carbons (Fsp3) is 0.621. The zero-order chi connectivity index (χ0) is 22.2. The molecular formula is C29H40FNO. The molecule has 174 valence electrons. The summed E-state index contributed by atoms with van der Waals surface area (Å²) < 4.78 is 18.3. The van der Waals surface area contributed by atoms with Gasteiger partial charge in [0.15, 0.2) is 0 Å². The summed E-state index contributed by atoms with van der Waals surface area (Å²) in [5.74, 6) is 3.63. The summed E-state index contributed by atoms with van der Waals surface area (Å²) in [6.07, 6.45) is 18.6. The third-order valence-electron chi connectivity index (χ3n) is 8.22. The van der Waals surface area contributed by atoms with Gasteiger partial charge in [0.25, 0.3) is 0 Å². The van der Waals surface area contributed by atoms with E-state index in [-0.39, 0.29) is 5.82 Å². The Labute approximate surface area is 194 Å². The highest BCUT2D eigenvalue weighted by molar-refractivity contribution is 5.58. The third-order valence-corrected chi connectivity index (χ3v) is 8.22. The van der Waals surface area contributed by atoms with Crippen LogP contribution in [-0.2, 0) is 11.2 Å². The zero-order valence-electron chi connectivity index (χ0n) is 19.8. The van der Waals surface area contributed by atoms with Crippen LogP contribution in [-0.4, -0.2) is 18.7 Å². The first-order valence-electron chi connectivity index (χ1n) is 12.9. The summed E-state index contributed by atoms with van der Waals surface area (Å²) >= 11 is 0. The zero-order valence-corrected chi connectivity index (χ0v) is 19.8. The number of aromatic nitrogens is 1. The lowest BCUT2D eigenvalue weighted by Crippen LogP contribution is -2.26. The Kier molecular flexibility index (Phi) is 8.73. The van der Waals surface area contributed by atoms with E-state index in [2.05, 4.69) is 17.1 Å². The van der Waals surface area contributed by atoms with Gasteiger partial charge in [0.05, 0.1) is 5.69 Å². The van der Waals surface area contributed by atoms with Crippen LogP contribution in [0.2, 0.25) is 0 Å². The summed E-state index contributed by atoms with van der Waals surface area (Å²) in [6, 6.07) is 10.9. The number of halogens is 1. The van der Waals surface area contributed by atoms with E-state index < -0.39 is 0 Å². The van der Waals surface area contributed by atoms with Gasteiger partial charge in [-0.1, -0.05) is 31.7 Å².